The van der Waals surface area contributed by atoms with Crippen molar-refractivity contribution in [2.24, 2.45) is 0 Å². The lowest BCUT2D eigenvalue weighted by Crippen LogP contribution is -2.27. The van der Waals surface area contributed by atoms with E-state index in [2.05, 4.69) is 20.1 Å². The number of hydrogen-bond donors (Lipinski definition) is 3. The normalized spacial score (nSPS) is 14.6. The summed E-state index contributed by atoms with van der Waals surface area (Å²) in [5.74, 6) is 0. The van der Waals surface area contributed by atoms with E-state index in [-0.39, 0.29) is 0 Å². The molecule has 0 fully saturated rings. The molecule has 0 bridgehead atoms. The van der Waals surface area contributed by atoms with Crippen molar-refractivity contribution in [3.8, 4) is 11.1 Å². The van der Waals surface area contributed by atoms with Gasteiger partial charge < -0.3 is 15.6 Å². The number of nitrogens with zero attached hydrogens (tertiary/aromatic N) is 2. The molecule has 2 aromatic heterocycles. The minimum absolute atomic E-state index is 0.485. The van der Waals surface area contributed by atoms with E-state index in [1.54, 1.807) is 12.3 Å². The summed E-state index contributed by atoms with van der Waals surface area (Å²) in [6.45, 7) is 2.50. The van der Waals surface area contributed by atoms with Gasteiger partial charge in [-0.3, -0.25) is 5.10 Å². The van der Waals surface area contributed by atoms with Crippen LogP contribution >= 0.6 is 23.2 Å². The molecule has 0 atom stereocenters. The highest BCUT2D eigenvalue weighted by atomic mass is 35.5. The molecule has 4 N–H and O–H groups in total. The van der Waals surface area contributed by atoms with Gasteiger partial charge in [-0.2, -0.15) is 5.10 Å². The Hall–Kier alpha value is -1.69. The van der Waals surface area contributed by atoms with Gasteiger partial charge >= 0.3 is 0 Å². The fourth-order valence-electron chi connectivity index (χ4n) is 3.09. The Labute approximate surface area is 131 Å². The zero-order valence-corrected chi connectivity index (χ0v) is 12.6. The Morgan fingerprint density at radius 2 is 2.19 bits per heavy atom. The van der Waals surface area contributed by atoms with Crippen LogP contribution < -0.4 is 11.1 Å². The van der Waals surface area contributed by atoms with Crippen molar-refractivity contribution in [1.29, 1.82) is 0 Å². The molecule has 0 unspecified atom stereocenters. The van der Waals surface area contributed by atoms with Gasteiger partial charge in [0.2, 0.25) is 0 Å². The number of fused-ring (bicyclic) bond motifs is 3. The van der Waals surface area contributed by atoms with Crippen LogP contribution in [0, 0.1) is 0 Å². The standard InChI is InChI=1S/C14H13Cl2N5/c15-8-3-9(17)12-11(7-4-19-20-5-7)10-6-18-1-2-21(10)14(12)13(8)16/h3-5,18H,1-2,6,17H2,(H,19,20). The fraction of sp³-hybridized carbons (Fsp3) is 0.214. The van der Waals surface area contributed by atoms with Crippen molar-refractivity contribution in [3.05, 3.63) is 34.2 Å². The lowest BCUT2D eigenvalue weighted by Gasteiger charge is -2.18. The largest absolute Gasteiger partial charge is 0.398 e. The maximum atomic E-state index is 6.46. The molecule has 0 amide bonds. The topological polar surface area (TPSA) is 71.7 Å². The molecule has 0 radical (unpaired) electrons. The van der Waals surface area contributed by atoms with Crippen LogP contribution in [-0.4, -0.2) is 21.3 Å². The molecule has 7 heteroatoms. The third-order valence-corrected chi connectivity index (χ3v) is 4.73. The van der Waals surface area contributed by atoms with Crippen LogP contribution in [0.3, 0.4) is 0 Å². The van der Waals surface area contributed by atoms with Gasteiger partial charge in [-0.15, -0.1) is 0 Å². The van der Waals surface area contributed by atoms with Crippen LogP contribution in [0.5, 0.6) is 0 Å². The van der Waals surface area contributed by atoms with Crippen molar-refractivity contribution in [3.63, 3.8) is 0 Å². The highest BCUT2D eigenvalue weighted by Crippen LogP contribution is 2.44. The summed E-state index contributed by atoms with van der Waals surface area (Å²) < 4.78 is 2.21. The SMILES string of the molecule is Nc1cc(Cl)c(Cl)c2c1c(-c1cn[nH]c1)c1n2CCNC1. The van der Waals surface area contributed by atoms with Gasteiger partial charge in [0.25, 0.3) is 0 Å². The van der Waals surface area contributed by atoms with Crippen LogP contribution in [0.2, 0.25) is 10.0 Å². The number of nitrogens with one attached hydrogen (secondary N) is 2. The summed E-state index contributed by atoms with van der Waals surface area (Å²) in [5, 5.41) is 12.3. The van der Waals surface area contributed by atoms with E-state index in [9.17, 15) is 0 Å². The van der Waals surface area contributed by atoms with Crippen molar-refractivity contribution in [2.45, 2.75) is 13.1 Å². The molecule has 1 aliphatic rings. The third kappa shape index (κ3) is 1.78. The highest BCUT2D eigenvalue weighted by molar-refractivity contribution is 6.46. The van der Waals surface area contributed by atoms with Crippen LogP contribution in [0.15, 0.2) is 18.5 Å². The van der Waals surface area contributed by atoms with Crippen molar-refractivity contribution in [2.75, 3.05) is 12.3 Å². The first-order chi connectivity index (χ1) is 10.2. The van der Waals surface area contributed by atoms with E-state index in [0.29, 0.717) is 15.7 Å². The minimum atomic E-state index is 0.485. The number of anilines is 1. The Balaban J connectivity index is 2.20. The minimum Gasteiger partial charge on any atom is -0.398 e. The number of H-pyrrole nitrogens is 1. The summed E-state index contributed by atoms with van der Waals surface area (Å²) >= 11 is 12.7. The first-order valence-corrected chi connectivity index (χ1v) is 7.42. The maximum absolute atomic E-state index is 6.46. The van der Waals surface area contributed by atoms with E-state index in [4.69, 9.17) is 28.9 Å². The summed E-state index contributed by atoms with van der Waals surface area (Å²) in [7, 11) is 0. The van der Waals surface area contributed by atoms with Gasteiger partial charge in [-0.05, 0) is 6.07 Å². The lowest BCUT2D eigenvalue weighted by molar-refractivity contribution is 0.528. The zero-order valence-electron chi connectivity index (χ0n) is 11.1. The first-order valence-electron chi connectivity index (χ1n) is 6.67. The number of nitrogen functional groups attached to an aromatic ring is 1. The third-order valence-electron chi connectivity index (χ3n) is 3.95. The Morgan fingerprint density at radius 1 is 1.33 bits per heavy atom. The molecule has 21 heavy (non-hydrogen) atoms. The molecule has 3 aromatic rings. The molecule has 0 saturated heterocycles. The molecule has 4 rings (SSSR count). The average molecular weight is 322 g/mol. The van der Waals surface area contributed by atoms with Crippen molar-refractivity contribution >= 4 is 39.8 Å². The quantitative estimate of drug-likeness (QED) is 0.603. The van der Waals surface area contributed by atoms with Gasteiger partial charge in [-0.1, -0.05) is 23.2 Å². The van der Waals surface area contributed by atoms with E-state index < -0.39 is 0 Å². The van der Waals surface area contributed by atoms with E-state index in [1.807, 2.05) is 6.20 Å². The molecule has 0 aliphatic carbocycles. The smallest absolute Gasteiger partial charge is 0.0837 e. The lowest BCUT2D eigenvalue weighted by atomic mass is 10.0. The molecule has 1 aliphatic heterocycles. The Bertz CT molecular complexity index is 835. The molecule has 0 spiro atoms. The Kier molecular flexibility index (Phi) is 2.89. The van der Waals surface area contributed by atoms with Gasteiger partial charge in [-0.25, -0.2) is 0 Å². The zero-order chi connectivity index (χ0) is 14.6. The molecule has 5 nitrogen and oxygen atoms in total. The van der Waals surface area contributed by atoms with Gasteiger partial charge in [0.15, 0.2) is 0 Å². The number of aromatic nitrogens is 3. The molecule has 3 heterocycles. The predicted molar refractivity (Wildman–Crippen MR) is 85.7 cm³/mol. The van der Waals surface area contributed by atoms with Crippen LogP contribution in [0.1, 0.15) is 5.69 Å². The fourth-order valence-corrected chi connectivity index (χ4v) is 3.55. The first kappa shape index (κ1) is 13.0. The van der Waals surface area contributed by atoms with Gasteiger partial charge in [0.05, 0.1) is 21.8 Å². The second kappa shape index (κ2) is 4.66. The van der Waals surface area contributed by atoms with Crippen LogP contribution in [-0.2, 0) is 13.1 Å². The number of nitrogens with two attached hydrogens (primary N) is 1. The maximum Gasteiger partial charge on any atom is 0.0837 e. The van der Waals surface area contributed by atoms with Crippen LogP contribution in [0.4, 0.5) is 5.69 Å². The van der Waals surface area contributed by atoms with Gasteiger partial charge in [0, 0.05) is 53.7 Å². The monoisotopic (exact) mass is 321 g/mol. The van der Waals surface area contributed by atoms with E-state index in [0.717, 1.165) is 47.4 Å². The van der Waals surface area contributed by atoms with E-state index in [1.165, 1.54) is 0 Å². The molecule has 108 valence electrons. The Morgan fingerprint density at radius 3 is 2.95 bits per heavy atom. The number of aromatic amines is 1. The van der Waals surface area contributed by atoms with Crippen LogP contribution in [0.25, 0.3) is 22.0 Å². The number of benzene rings is 1. The number of halogens is 2. The second-order valence-electron chi connectivity index (χ2n) is 5.12. The highest BCUT2D eigenvalue weighted by Gasteiger charge is 2.25. The number of rotatable bonds is 1. The molecule has 1 aromatic carbocycles. The number of hydrogen-bond acceptors (Lipinski definition) is 3. The predicted octanol–water partition coefficient (Wildman–Crippen LogP) is 3.02. The van der Waals surface area contributed by atoms with Crippen molar-refractivity contribution < 1.29 is 0 Å². The molecule has 0 saturated carbocycles. The summed E-state index contributed by atoms with van der Waals surface area (Å²) in [6, 6.07) is 1.72. The second-order valence-corrected chi connectivity index (χ2v) is 5.91. The molecular weight excluding hydrogens is 309 g/mol. The molecular formula is C14H13Cl2N5. The summed E-state index contributed by atoms with van der Waals surface area (Å²) in [4.78, 5) is 0. The van der Waals surface area contributed by atoms with Gasteiger partial charge in [0.1, 0.15) is 0 Å². The van der Waals surface area contributed by atoms with E-state index >= 15 is 0 Å². The average Bonchev–Trinajstić information content (AvgIpc) is 3.10. The summed E-state index contributed by atoms with van der Waals surface area (Å²) in [6.07, 6.45) is 3.67. The summed E-state index contributed by atoms with van der Waals surface area (Å²) in [5.41, 5.74) is 11.0. The van der Waals surface area contributed by atoms with Crippen molar-refractivity contribution in [1.82, 2.24) is 20.1 Å².